The fourth-order valence-corrected chi connectivity index (χ4v) is 1.88. The van der Waals surface area contributed by atoms with Gasteiger partial charge in [-0.25, -0.2) is 0 Å². The maximum absolute atomic E-state index is 10.5. The second-order valence-electron chi connectivity index (χ2n) is 4.73. The monoisotopic (exact) mass is 173 g/mol. The first kappa shape index (κ1) is 11.9. The van der Waals surface area contributed by atoms with Crippen LogP contribution in [0.2, 0.25) is 0 Å². The average Bonchev–Trinajstić information content (AvgIpc) is 1.83. The smallest absolute Gasteiger partial charge is 0.104 e. The Balaban J connectivity index is 4.04. The Bertz CT molecular complexity index is 109. The molecule has 0 N–H and O–H groups in total. The van der Waals surface area contributed by atoms with Crippen molar-refractivity contribution in [3.8, 4) is 0 Å². The van der Waals surface area contributed by atoms with E-state index in [1.165, 1.54) is 0 Å². The molecule has 0 heterocycles. The van der Waals surface area contributed by atoms with Crippen molar-refractivity contribution in [1.29, 1.82) is 0 Å². The first-order chi connectivity index (χ1) is 5.39. The summed E-state index contributed by atoms with van der Waals surface area (Å²) in [6, 6.07) is 0. The molecular weight excluding hydrogens is 152 g/mol. The lowest BCUT2D eigenvalue weighted by Crippen LogP contribution is -2.30. The maximum Gasteiger partial charge on any atom is 0.104 e. The standard InChI is InChI=1S/C10H21O2/c1-8(2)6-10(5,12-11)7-9(3)4/h8-9H,6-7H2,1-5H3. The van der Waals surface area contributed by atoms with Crippen molar-refractivity contribution >= 4 is 0 Å². The molecule has 0 aliphatic carbocycles. The number of hydrogen-bond acceptors (Lipinski definition) is 1. The van der Waals surface area contributed by atoms with Crippen LogP contribution >= 0.6 is 0 Å². The Kier molecular flexibility index (Phi) is 4.80. The molecule has 0 aliphatic rings. The Morgan fingerprint density at radius 3 is 1.58 bits per heavy atom. The van der Waals surface area contributed by atoms with Gasteiger partial charge < -0.3 is 0 Å². The van der Waals surface area contributed by atoms with E-state index in [0.717, 1.165) is 12.8 Å². The van der Waals surface area contributed by atoms with Gasteiger partial charge in [-0.1, -0.05) is 27.7 Å². The fourth-order valence-electron chi connectivity index (χ4n) is 1.88. The Hall–Kier alpha value is -0.0800. The van der Waals surface area contributed by atoms with Crippen LogP contribution in [0.1, 0.15) is 47.5 Å². The highest BCUT2D eigenvalue weighted by Crippen LogP contribution is 2.27. The van der Waals surface area contributed by atoms with Crippen LogP contribution in [0.25, 0.3) is 0 Å². The minimum atomic E-state index is -0.470. The zero-order valence-corrected chi connectivity index (χ0v) is 8.89. The molecule has 0 fully saturated rings. The molecule has 0 rings (SSSR count). The molecule has 2 nitrogen and oxygen atoms in total. The maximum atomic E-state index is 10.5. The van der Waals surface area contributed by atoms with Crippen molar-refractivity contribution in [2.24, 2.45) is 11.8 Å². The average molecular weight is 173 g/mol. The van der Waals surface area contributed by atoms with Gasteiger partial charge in [0, 0.05) is 0 Å². The van der Waals surface area contributed by atoms with Gasteiger partial charge in [0.1, 0.15) is 5.60 Å². The Morgan fingerprint density at radius 2 is 1.42 bits per heavy atom. The molecule has 0 aromatic heterocycles. The molecule has 0 saturated carbocycles. The summed E-state index contributed by atoms with van der Waals surface area (Å²) in [5.74, 6) is 1.03. The third-order valence-electron chi connectivity index (χ3n) is 1.88. The predicted octanol–water partition coefficient (Wildman–Crippen LogP) is 3.20. The summed E-state index contributed by atoms with van der Waals surface area (Å²) in [7, 11) is 0. The summed E-state index contributed by atoms with van der Waals surface area (Å²) in [5.41, 5.74) is -0.470. The molecule has 1 radical (unpaired) electrons. The molecule has 0 aromatic carbocycles. The highest BCUT2D eigenvalue weighted by Gasteiger charge is 2.28. The summed E-state index contributed by atoms with van der Waals surface area (Å²) in [6.45, 7) is 10.3. The summed E-state index contributed by atoms with van der Waals surface area (Å²) in [4.78, 5) is 4.31. The lowest BCUT2D eigenvalue weighted by Gasteiger charge is -2.28. The zero-order valence-electron chi connectivity index (χ0n) is 8.89. The summed E-state index contributed by atoms with van der Waals surface area (Å²) < 4.78 is 0. The Morgan fingerprint density at radius 1 is 1.08 bits per heavy atom. The number of hydrogen-bond donors (Lipinski definition) is 0. The minimum Gasteiger partial charge on any atom is -0.197 e. The van der Waals surface area contributed by atoms with Gasteiger partial charge >= 0.3 is 0 Å². The molecular formula is C10H21O2. The van der Waals surface area contributed by atoms with Crippen LogP contribution in [0, 0.1) is 11.8 Å². The first-order valence-corrected chi connectivity index (χ1v) is 4.70. The number of rotatable bonds is 5. The SMILES string of the molecule is CC(C)CC(C)(CC(C)C)O[O]. The van der Waals surface area contributed by atoms with Gasteiger partial charge in [-0.3, -0.25) is 0 Å². The van der Waals surface area contributed by atoms with Gasteiger partial charge in [0.25, 0.3) is 0 Å². The second kappa shape index (κ2) is 4.83. The van der Waals surface area contributed by atoms with E-state index < -0.39 is 5.60 Å². The molecule has 12 heavy (non-hydrogen) atoms. The molecule has 2 heteroatoms. The summed E-state index contributed by atoms with van der Waals surface area (Å²) in [5, 5.41) is 10.5. The van der Waals surface area contributed by atoms with E-state index in [0.29, 0.717) is 11.8 Å². The van der Waals surface area contributed by atoms with E-state index in [4.69, 9.17) is 0 Å². The van der Waals surface area contributed by atoms with Gasteiger partial charge in [-0.2, -0.15) is 4.89 Å². The van der Waals surface area contributed by atoms with Crippen molar-refractivity contribution in [3.63, 3.8) is 0 Å². The quantitative estimate of drug-likeness (QED) is 0.463. The van der Waals surface area contributed by atoms with Crippen LogP contribution in [-0.2, 0) is 10.1 Å². The van der Waals surface area contributed by atoms with E-state index in [9.17, 15) is 5.26 Å². The first-order valence-electron chi connectivity index (χ1n) is 4.70. The van der Waals surface area contributed by atoms with Gasteiger partial charge in [0.05, 0.1) is 0 Å². The highest BCUT2D eigenvalue weighted by molar-refractivity contribution is 4.76. The molecule has 0 atom stereocenters. The van der Waals surface area contributed by atoms with Crippen LogP contribution in [0.5, 0.6) is 0 Å². The van der Waals surface area contributed by atoms with Crippen LogP contribution in [0.3, 0.4) is 0 Å². The highest BCUT2D eigenvalue weighted by atomic mass is 17.1. The minimum absolute atomic E-state index is 0.470. The fraction of sp³-hybridized carbons (Fsp3) is 1.00. The molecule has 0 aromatic rings. The molecule has 0 amide bonds. The van der Waals surface area contributed by atoms with Crippen molar-refractivity contribution < 1.29 is 10.1 Å². The lowest BCUT2D eigenvalue weighted by molar-refractivity contribution is -0.375. The molecule has 73 valence electrons. The zero-order chi connectivity index (χ0) is 9.78. The van der Waals surface area contributed by atoms with Crippen LogP contribution in [0.15, 0.2) is 0 Å². The van der Waals surface area contributed by atoms with E-state index in [1.807, 2.05) is 6.92 Å². The van der Waals surface area contributed by atoms with Crippen LogP contribution in [0.4, 0.5) is 0 Å². The third-order valence-corrected chi connectivity index (χ3v) is 1.88. The predicted molar refractivity (Wildman–Crippen MR) is 49.1 cm³/mol. The van der Waals surface area contributed by atoms with Gasteiger partial charge in [0.15, 0.2) is 0 Å². The molecule has 0 spiro atoms. The summed E-state index contributed by atoms with van der Waals surface area (Å²) in [6.07, 6.45) is 1.68. The second-order valence-corrected chi connectivity index (χ2v) is 4.73. The van der Waals surface area contributed by atoms with Gasteiger partial charge in [0.2, 0.25) is 0 Å². The third kappa shape index (κ3) is 4.73. The van der Waals surface area contributed by atoms with Gasteiger partial charge in [-0.05, 0) is 36.9 Å². The molecule has 0 saturated heterocycles. The van der Waals surface area contributed by atoms with Crippen molar-refractivity contribution in [2.45, 2.75) is 53.1 Å². The lowest BCUT2D eigenvalue weighted by atomic mass is 9.87. The van der Waals surface area contributed by atoms with E-state index in [2.05, 4.69) is 32.6 Å². The molecule has 0 bridgehead atoms. The van der Waals surface area contributed by atoms with Crippen molar-refractivity contribution in [3.05, 3.63) is 0 Å². The topological polar surface area (TPSA) is 29.1 Å². The largest absolute Gasteiger partial charge is 0.197 e. The molecule has 0 unspecified atom stereocenters. The molecule has 0 aliphatic heterocycles. The van der Waals surface area contributed by atoms with Gasteiger partial charge in [-0.15, -0.1) is 0 Å². The van der Waals surface area contributed by atoms with Crippen molar-refractivity contribution in [2.75, 3.05) is 0 Å². The van der Waals surface area contributed by atoms with Crippen LogP contribution in [-0.4, -0.2) is 5.60 Å². The normalized spacial score (nSPS) is 13.0. The van der Waals surface area contributed by atoms with Crippen LogP contribution < -0.4 is 0 Å². The van der Waals surface area contributed by atoms with E-state index in [-0.39, 0.29) is 0 Å². The van der Waals surface area contributed by atoms with Crippen molar-refractivity contribution in [1.82, 2.24) is 0 Å². The Labute approximate surface area is 75.9 Å². The van der Waals surface area contributed by atoms with E-state index >= 15 is 0 Å². The summed E-state index contributed by atoms with van der Waals surface area (Å²) >= 11 is 0. The van der Waals surface area contributed by atoms with E-state index in [1.54, 1.807) is 0 Å².